The zero-order valence-electron chi connectivity index (χ0n) is 14.0. The molecule has 120 valence electrons. The smallest absolute Gasteiger partial charge is 0.226 e. The number of benzene rings is 1. The minimum absolute atomic E-state index is 0.00673. The van der Waals surface area contributed by atoms with E-state index >= 15 is 0 Å². The number of nitrogens with one attached hydrogen (secondary N) is 1. The molecule has 1 heterocycles. The number of carbonyl (C=O) groups is 2. The summed E-state index contributed by atoms with van der Waals surface area (Å²) in [5.41, 5.74) is 2.69. The van der Waals surface area contributed by atoms with Crippen molar-refractivity contribution in [3.8, 4) is 0 Å². The van der Waals surface area contributed by atoms with E-state index in [-0.39, 0.29) is 17.2 Å². The highest BCUT2D eigenvalue weighted by atomic mass is 16.2. The lowest BCUT2D eigenvalue weighted by Crippen LogP contribution is -2.35. The third-order valence-corrected chi connectivity index (χ3v) is 3.80. The third kappa shape index (κ3) is 4.33. The van der Waals surface area contributed by atoms with Crippen molar-refractivity contribution in [3.63, 3.8) is 0 Å². The Balaban J connectivity index is 2.16. The lowest BCUT2D eigenvalue weighted by atomic mass is 9.92. The summed E-state index contributed by atoms with van der Waals surface area (Å²) in [6.07, 6.45) is 3.08. The van der Waals surface area contributed by atoms with Gasteiger partial charge < -0.3 is 10.2 Å². The molecule has 1 aliphatic rings. The second-order valence-electron chi connectivity index (χ2n) is 7.29. The van der Waals surface area contributed by atoms with Crippen LogP contribution in [-0.4, -0.2) is 18.4 Å². The number of anilines is 2. The van der Waals surface area contributed by atoms with Crippen LogP contribution in [0, 0.1) is 12.3 Å². The first-order chi connectivity index (χ1) is 10.3. The SMILES string of the molecule is Cc1ccc(NC(=O)CC(C)(C)C)cc1N1CCCCC1=O. The van der Waals surface area contributed by atoms with Crippen LogP contribution in [0.1, 0.15) is 52.0 Å². The quantitative estimate of drug-likeness (QED) is 0.921. The number of carbonyl (C=O) groups excluding carboxylic acids is 2. The van der Waals surface area contributed by atoms with Crippen molar-refractivity contribution < 1.29 is 9.59 Å². The van der Waals surface area contributed by atoms with Gasteiger partial charge in [-0.15, -0.1) is 0 Å². The molecule has 4 nitrogen and oxygen atoms in total. The Morgan fingerprint density at radius 2 is 2.00 bits per heavy atom. The summed E-state index contributed by atoms with van der Waals surface area (Å²) >= 11 is 0. The van der Waals surface area contributed by atoms with Gasteiger partial charge in [-0.25, -0.2) is 0 Å². The van der Waals surface area contributed by atoms with Gasteiger partial charge in [-0.1, -0.05) is 26.8 Å². The number of aryl methyl sites for hydroxylation is 1. The summed E-state index contributed by atoms with van der Waals surface area (Å²) in [4.78, 5) is 26.0. The summed E-state index contributed by atoms with van der Waals surface area (Å²) < 4.78 is 0. The highest BCUT2D eigenvalue weighted by Crippen LogP contribution is 2.28. The molecule has 4 heteroatoms. The predicted molar refractivity (Wildman–Crippen MR) is 90.1 cm³/mol. The average molecular weight is 302 g/mol. The van der Waals surface area contributed by atoms with Gasteiger partial charge in [-0.2, -0.15) is 0 Å². The number of piperidine rings is 1. The molecular formula is C18H26N2O2. The first-order valence-electron chi connectivity index (χ1n) is 7.97. The van der Waals surface area contributed by atoms with E-state index in [0.717, 1.165) is 36.3 Å². The predicted octanol–water partition coefficient (Wildman–Crippen LogP) is 3.89. The van der Waals surface area contributed by atoms with Crippen molar-refractivity contribution in [2.24, 2.45) is 5.41 Å². The topological polar surface area (TPSA) is 49.4 Å². The maximum absolute atomic E-state index is 12.1. The summed E-state index contributed by atoms with van der Waals surface area (Å²) in [5.74, 6) is 0.180. The molecule has 0 aliphatic carbocycles. The van der Waals surface area contributed by atoms with Gasteiger partial charge in [0, 0.05) is 30.8 Å². The van der Waals surface area contributed by atoms with E-state index in [9.17, 15) is 9.59 Å². The van der Waals surface area contributed by atoms with Gasteiger partial charge in [0.25, 0.3) is 0 Å². The molecule has 1 aromatic rings. The molecule has 0 atom stereocenters. The average Bonchev–Trinajstić information content (AvgIpc) is 2.39. The van der Waals surface area contributed by atoms with E-state index < -0.39 is 0 Å². The normalized spacial score (nSPS) is 15.8. The Kier molecular flexibility index (Phi) is 4.89. The molecule has 1 N–H and O–H groups in total. The minimum Gasteiger partial charge on any atom is -0.326 e. The Labute approximate surface area is 132 Å². The van der Waals surface area contributed by atoms with Crippen LogP contribution < -0.4 is 10.2 Å². The molecule has 0 bridgehead atoms. The van der Waals surface area contributed by atoms with Crippen molar-refractivity contribution in [1.82, 2.24) is 0 Å². The van der Waals surface area contributed by atoms with Crippen LogP contribution in [0.5, 0.6) is 0 Å². The van der Waals surface area contributed by atoms with Crippen molar-refractivity contribution in [3.05, 3.63) is 23.8 Å². The second-order valence-corrected chi connectivity index (χ2v) is 7.29. The molecule has 1 aromatic carbocycles. The van der Waals surface area contributed by atoms with E-state index in [1.165, 1.54) is 0 Å². The summed E-state index contributed by atoms with van der Waals surface area (Å²) in [7, 11) is 0. The van der Waals surface area contributed by atoms with Crippen molar-refractivity contribution in [2.45, 2.75) is 53.4 Å². The molecule has 1 saturated heterocycles. The van der Waals surface area contributed by atoms with Gasteiger partial charge >= 0.3 is 0 Å². The van der Waals surface area contributed by atoms with E-state index in [0.29, 0.717) is 12.8 Å². The van der Waals surface area contributed by atoms with Crippen LogP contribution in [0.3, 0.4) is 0 Å². The van der Waals surface area contributed by atoms with Gasteiger partial charge in [-0.05, 0) is 42.9 Å². The van der Waals surface area contributed by atoms with Gasteiger partial charge in [0.2, 0.25) is 11.8 Å². The van der Waals surface area contributed by atoms with Crippen molar-refractivity contribution in [2.75, 3.05) is 16.8 Å². The van der Waals surface area contributed by atoms with Crippen molar-refractivity contribution >= 4 is 23.2 Å². The van der Waals surface area contributed by atoms with Crippen LogP contribution in [0.15, 0.2) is 18.2 Å². The Morgan fingerprint density at radius 1 is 1.27 bits per heavy atom. The number of rotatable bonds is 3. The molecule has 0 saturated carbocycles. The minimum atomic E-state index is -0.0412. The second kappa shape index (κ2) is 6.51. The first-order valence-corrected chi connectivity index (χ1v) is 7.97. The molecule has 0 aromatic heterocycles. The van der Waals surface area contributed by atoms with E-state index in [1.54, 1.807) is 0 Å². The van der Waals surface area contributed by atoms with Crippen LogP contribution in [-0.2, 0) is 9.59 Å². The fraction of sp³-hybridized carbons (Fsp3) is 0.556. The fourth-order valence-electron chi connectivity index (χ4n) is 2.73. The molecular weight excluding hydrogens is 276 g/mol. The van der Waals surface area contributed by atoms with Crippen LogP contribution in [0.2, 0.25) is 0 Å². The molecule has 2 amide bonds. The lowest BCUT2D eigenvalue weighted by Gasteiger charge is -2.28. The zero-order valence-corrected chi connectivity index (χ0v) is 14.0. The molecule has 0 spiro atoms. The largest absolute Gasteiger partial charge is 0.326 e. The number of amides is 2. The van der Waals surface area contributed by atoms with Crippen LogP contribution >= 0.6 is 0 Å². The molecule has 1 fully saturated rings. The summed E-state index contributed by atoms with van der Waals surface area (Å²) in [6.45, 7) is 8.88. The zero-order chi connectivity index (χ0) is 16.3. The number of hydrogen-bond acceptors (Lipinski definition) is 2. The van der Waals surface area contributed by atoms with E-state index in [1.807, 2.05) is 50.8 Å². The number of nitrogens with zero attached hydrogens (tertiary/aromatic N) is 1. The fourth-order valence-corrected chi connectivity index (χ4v) is 2.73. The molecule has 22 heavy (non-hydrogen) atoms. The Morgan fingerprint density at radius 3 is 2.64 bits per heavy atom. The lowest BCUT2D eigenvalue weighted by molar-refractivity contribution is -0.119. The monoisotopic (exact) mass is 302 g/mol. The van der Waals surface area contributed by atoms with E-state index in [2.05, 4.69) is 5.32 Å². The van der Waals surface area contributed by atoms with Gasteiger partial charge in [0.15, 0.2) is 0 Å². The highest BCUT2D eigenvalue weighted by Gasteiger charge is 2.22. The molecule has 1 aliphatic heterocycles. The highest BCUT2D eigenvalue weighted by molar-refractivity contribution is 5.97. The van der Waals surface area contributed by atoms with Crippen molar-refractivity contribution in [1.29, 1.82) is 0 Å². The molecule has 0 unspecified atom stereocenters. The van der Waals surface area contributed by atoms with Gasteiger partial charge in [-0.3, -0.25) is 9.59 Å². The Hall–Kier alpha value is -1.84. The third-order valence-electron chi connectivity index (χ3n) is 3.80. The maximum Gasteiger partial charge on any atom is 0.226 e. The molecule has 2 rings (SSSR count). The summed E-state index contributed by atoms with van der Waals surface area (Å²) in [5, 5.41) is 2.94. The van der Waals surface area contributed by atoms with E-state index in [4.69, 9.17) is 0 Å². The first kappa shape index (κ1) is 16.5. The maximum atomic E-state index is 12.1. The Bertz CT molecular complexity index is 573. The standard InChI is InChI=1S/C18H26N2O2/c1-13-8-9-14(19-16(21)12-18(2,3)4)11-15(13)20-10-6-5-7-17(20)22/h8-9,11H,5-7,10,12H2,1-4H3,(H,19,21). The summed E-state index contributed by atoms with van der Waals surface area (Å²) in [6, 6.07) is 5.77. The van der Waals surface area contributed by atoms with Crippen LogP contribution in [0.25, 0.3) is 0 Å². The van der Waals surface area contributed by atoms with Gasteiger partial charge in [0.1, 0.15) is 0 Å². The van der Waals surface area contributed by atoms with Crippen LogP contribution in [0.4, 0.5) is 11.4 Å². The molecule has 0 radical (unpaired) electrons. The number of hydrogen-bond donors (Lipinski definition) is 1. The van der Waals surface area contributed by atoms with Gasteiger partial charge in [0.05, 0.1) is 0 Å².